The lowest BCUT2D eigenvalue weighted by atomic mass is 10.3. The number of alkyl halides is 1. The molecule has 0 aromatic heterocycles. The summed E-state index contributed by atoms with van der Waals surface area (Å²) in [6.07, 6.45) is 9.04. The van der Waals surface area contributed by atoms with Crippen molar-refractivity contribution in [2.75, 3.05) is 6.61 Å². The highest BCUT2D eigenvalue weighted by atomic mass is 79.9. The first kappa shape index (κ1) is 8.10. The number of hydrogen-bond donors (Lipinski definition) is 0. The van der Waals surface area contributed by atoms with Crippen molar-refractivity contribution in [1.82, 2.24) is 0 Å². The molecule has 1 fully saturated rings. The first-order chi connectivity index (χ1) is 4.84. The van der Waals surface area contributed by atoms with E-state index in [1.165, 1.54) is 12.8 Å². The van der Waals surface area contributed by atoms with Crippen LogP contribution < -0.4 is 0 Å². The van der Waals surface area contributed by atoms with Gasteiger partial charge in [0.1, 0.15) is 6.61 Å². The molecule has 10 heavy (non-hydrogen) atoms. The van der Waals surface area contributed by atoms with Crippen LogP contribution in [0.15, 0.2) is 0 Å². The van der Waals surface area contributed by atoms with Crippen molar-refractivity contribution in [2.24, 2.45) is 0 Å². The van der Waals surface area contributed by atoms with Crippen LogP contribution in [0, 0.1) is 12.3 Å². The first-order valence-corrected chi connectivity index (χ1v) is 4.45. The standard InChI is InChI=1S/C8H11BrO/c1-2-6-10-8-5-3-4-7(8)9/h1,7-8H,3-6H2. The van der Waals surface area contributed by atoms with Gasteiger partial charge in [-0.25, -0.2) is 0 Å². The Kier molecular flexibility index (Phi) is 3.24. The fraction of sp³-hybridized carbons (Fsp3) is 0.750. The summed E-state index contributed by atoms with van der Waals surface area (Å²) in [5.41, 5.74) is 0. The van der Waals surface area contributed by atoms with Crippen LogP contribution in [0.5, 0.6) is 0 Å². The van der Waals surface area contributed by atoms with Gasteiger partial charge < -0.3 is 4.74 Å². The van der Waals surface area contributed by atoms with Crippen LogP contribution in [-0.4, -0.2) is 17.5 Å². The van der Waals surface area contributed by atoms with E-state index in [1.54, 1.807) is 0 Å². The van der Waals surface area contributed by atoms with Gasteiger partial charge in [0.25, 0.3) is 0 Å². The molecule has 0 spiro atoms. The zero-order valence-electron chi connectivity index (χ0n) is 5.85. The summed E-state index contributed by atoms with van der Waals surface area (Å²) in [6.45, 7) is 0.451. The van der Waals surface area contributed by atoms with Gasteiger partial charge in [-0.2, -0.15) is 0 Å². The van der Waals surface area contributed by atoms with E-state index in [2.05, 4.69) is 21.9 Å². The predicted molar refractivity (Wildman–Crippen MR) is 45.1 cm³/mol. The Morgan fingerprint density at radius 3 is 2.90 bits per heavy atom. The van der Waals surface area contributed by atoms with E-state index in [9.17, 15) is 0 Å². The minimum atomic E-state index is 0.357. The van der Waals surface area contributed by atoms with E-state index in [4.69, 9.17) is 11.2 Å². The average molecular weight is 203 g/mol. The largest absolute Gasteiger partial charge is 0.364 e. The maximum absolute atomic E-state index is 5.38. The minimum Gasteiger partial charge on any atom is -0.364 e. The van der Waals surface area contributed by atoms with Crippen molar-refractivity contribution in [3.8, 4) is 12.3 Å². The summed E-state index contributed by atoms with van der Waals surface area (Å²) < 4.78 is 5.38. The average Bonchev–Trinajstić information content (AvgIpc) is 2.31. The van der Waals surface area contributed by atoms with Crippen molar-refractivity contribution in [3.63, 3.8) is 0 Å². The van der Waals surface area contributed by atoms with Gasteiger partial charge in [0.15, 0.2) is 0 Å². The zero-order valence-corrected chi connectivity index (χ0v) is 7.43. The molecule has 0 bridgehead atoms. The third kappa shape index (κ3) is 2.00. The SMILES string of the molecule is C#CCOC1CCCC1Br. The molecular formula is C8H11BrO. The van der Waals surface area contributed by atoms with Crippen LogP contribution >= 0.6 is 15.9 Å². The van der Waals surface area contributed by atoms with Crippen LogP contribution in [-0.2, 0) is 4.74 Å². The zero-order chi connectivity index (χ0) is 7.40. The highest BCUT2D eigenvalue weighted by Crippen LogP contribution is 2.27. The lowest BCUT2D eigenvalue weighted by Crippen LogP contribution is -2.17. The maximum Gasteiger partial charge on any atom is 0.107 e. The lowest BCUT2D eigenvalue weighted by Gasteiger charge is -2.12. The molecule has 0 N–H and O–H groups in total. The molecule has 0 amide bonds. The van der Waals surface area contributed by atoms with Crippen LogP contribution in [0.3, 0.4) is 0 Å². The maximum atomic E-state index is 5.38. The second-order valence-electron chi connectivity index (χ2n) is 2.50. The molecule has 0 aromatic rings. The highest BCUT2D eigenvalue weighted by Gasteiger charge is 2.24. The predicted octanol–water partition coefficient (Wildman–Crippen LogP) is 1.95. The molecule has 0 heterocycles. The summed E-state index contributed by atoms with van der Waals surface area (Å²) in [5.74, 6) is 2.47. The number of terminal acetylenes is 1. The first-order valence-electron chi connectivity index (χ1n) is 3.53. The second kappa shape index (κ2) is 4.00. The Morgan fingerprint density at radius 2 is 2.40 bits per heavy atom. The van der Waals surface area contributed by atoms with E-state index in [1.807, 2.05) is 0 Å². The van der Waals surface area contributed by atoms with E-state index < -0.39 is 0 Å². The third-order valence-electron chi connectivity index (χ3n) is 1.75. The van der Waals surface area contributed by atoms with Gasteiger partial charge in [-0.1, -0.05) is 21.9 Å². The molecule has 56 valence electrons. The quantitative estimate of drug-likeness (QED) is 0.492. The molecule has 1 aliphatic carbocycles. The van der Waals surface area contributed by atoms with E-state index in [0.717, 1.165) is 6.42 Å². The monoisotopic (exact) mass is 202 g/mol. The molecule has 1 rings (SSSR count). The molecule has 0 radical (unpaired) electrons. The van der Waals surface area contributed by atoms with Gasteiger partial charge in [0.2, 0.25) is 0 Å². The van der Waals surface area contributed by atoms with Crippen molar-refractivity contribution >= 4 is 15.9 Å². The van der Waals surface area contributed by atoms with E-state index in [0.29, 0.717) is 17.5 Å². The molecule has 1 saturated carbocycles. The topological polar surface area (TPSA) is 9.23 Å². The summed E-state index contributed by atoms with van der Waals surface area (Å²) in [4.78, 5) is 0.529. The van der Waals surface area contributed by atoms with Gasteiger partial charge in [0.05, 0.1) is 6.10 Å². The van der Waals surface area contributed by atoms with Crippen LogP contribution in [0.25, 0.3) is 0 Å². The number of halogens is 1. The fourth-order valence-corrected chi connectivity index (χ4v) is 1.96. The molecule has 2 unspecified atom stereocenters. The van der Waals surface area contributed by atoms with Crippen molar-refractivity contribution in [1.29, 1.82) is 0 Å². The molecule has 2 heteroatoms. The van der Waals surface area contributed by atoms with Gasteiger partial charge in [-0.15, -0.1) is 6.42 Å². The Balaban J connectivity index is 2.21. The van der Waals surface area contributed by atoms with Gasteiger partial charge in [-0.3, -0.25) is 0 Å². The van der Waals surface area contributed by atoms with Crippen molar-refractivity contribution in [3.05, 3.63) is 0 Å². The molecule has 0 aromatic carbocycles. The van der Waals surface area contributed by atoms with Crippen molar-refractivity contribution < 1.29 is 4.74 Å². The minimum absolute atomic E-state index is 0.357. The highest BCUT2D eigenvalue weighted by molar-refractivity contribution is 9.09. The number of ether oxygens (including phenoxy) is 1. The summed E-state index contributed by atoms with van der Waals surface area (Å²) in [7, 11) is 0. The summed E-state index contributed by atoms with van der Waals surface area (Å²) >= 11 is 3.54. The Labute approximate surface area is 70.3 Å². The second-order valence-corrected chi connectivity index (χ2v) is 3.68. The molecule has 1 aliphatic rings. The molecule has 2 atom stereocenters. The Hall–Kier alpha value is 0. The van der Waals surface area contributed by atoms with Gasteiger partial charge in [0, 0.05) is 4.83 Å². The third-order valence-corrected chi connectivity index (χ3v) is 2.80. The van der Waals surface area contributed by atoms with Crippen molar-refractivity contribution in [2.45, 2.75) is 30.2 Å². The Bertz CT molecular complexity index is 139. The smallest absolute Gasteiger partial charge is 0.107 e. The van der Waals surface area contributed by atoms with E-state index in [-0.39, 0.29) is 0 Å². The number of rotatable bonds is 2. The van der Waals surface area contributed by atoms with Crippen LogP contribution in [0.1, 0.15) is 19.3 Å². The van der Waals surface area contributed by atoms with Crippen LogP contribution in [0.2, 0.25) is 0 Å². The molecule has 1 nitrogen and oxygen atoms in total. The molecule has 0 aliphatic heterocycles. The van der Waals surface area contributed by atoms with Gasteiger partial charge in [-0.05, 0) is 19.3 Å². The van der Waals surface area contributed by atoms with Gasteiger partial charge >= 0.3 is 0 Å². The Morgan fingerprint density at radius 1 is 1.60 bits per heavy atom. The number of hydrogen-bond acceptors (Lipinski definition) is 1. The molecular weight excluding hydrogens is 192 g/mol. The summed E-state index contributed by atoms with van der Waals surface area (Å²) in [6, 6.07) is 0. The molecule has 0 saturated heterocycles. The lowest BCUT2D eigenvalue weighted by molar-refractivity contribution is 0.0886. The van der Waals surface area contributed by atoms with Crippen LogP contribution in [0.4, 0.5) is 0 Å². The van der Waals surface area contributed by atoms with E-state index >= 15 is 0 Å². The fourth-order valence-electron chi connectivity index (χ4n) is 1.22. The summed E-state index contributed by atoms with van der Waals surface area (Å²) in [5, 5.41) is 0. The normalized spacial score (nSPS) is 32.0.